The standard InChI is InChI=1S/C12H12N2O3S2/c15-11(8-4-2-1-3-5-8)14-12-13-9-6-19(16,17)7-10(9)18-12/h1-5,9-10H,6-7H2,(H,13,14,15)/t9-,10+/m1/s1. The number of fused-ring (bicyclic) bond motifs is 1. The van der Waals surface area contributed by atoms with Crippen LogP contribution in [0.3, 0.4) is 0 Å². The summed E-state index contributed by atoms with van der Waals surface area (Å²) in [6.07, 6.45) is 0. The van der Waals surface area contributed by atoms with Gasteiger partial charge < -0.3 is 5.32 Å². The van der Waals surface area contributed by atoms with E-state index in [0.717, 1.165) is 0 Å². The molecular weight excluding hydrogens is 284 g/mol. The van der Waals surface area contributed by atoms with E-state index in [0.29, 0.717) is 10.7 Å². The molecule has 0 saturated carbocycles. The zero-order chi connectivity index (χ0) is 13.5. The summed E-state index contributed by atoms with van der Waals surface area (Å²) >= 11 is 1.35. The van der Waals surface area contributed by atoms with Crippen molar-refractivity contribution in [3.05, 3.63) is 35.9 Å². The number of benzene rings is 1. The molecule has 2 heterocycles. The van der Waals surface area contributed by atoms with Crippen LogP contribution in [0.15, 0.2) is 35.3 Å². The third-order valence-corrected chi connectivity index (χ3v) is 6.22. The SMILES string of the molecule is O=C(NC1=N[C@@H]2CS(=O)(=O)C[C@@H]2S1)c1ccccc1. The molecule has 19 heavy (non-hydrogen) atoms. The molecule has 0 unspecified atom stereocenters. The predicted molar refractivity (Wildman–Crippen MR) is 75.2 cm³/mol. The molecule has 1 amide bonds. The fourth-order valence-corrected chi connectivity index (χ4v) is 5.83. The first-order valence-corrected chi connectivity index (χ1v) is 8.55. The molecule has 1 saturated heterocycles. The second-order valence-corrected chi connectivity index (χ2v) is 7.94. The summed E-state index contributed by atoms with van der Waals surface area (Å²) in [6, 6.07) is 8.66. The van der Waals surface area contributed by atoms with Crippen molar-refractivity contribution in [2.24, 2.45) is 4.99 Å². The van der Waals surface area contributed by atoms with Gasteiger partial charge in [-0.25, -0.2) is 8.42 Å². The number of thioether (sulfide) groups is 1. The number of rotatable bonds is 1. The van der Waals surface area contributed by atoms with Crippen LogP contribution >= 0.6 is 11.8 Å². The third-order valence-electron chi connectivity index (χ3n) is 3.07. The van der Waals surface area contributed by atoms with Gasteiger partial charge in [0.2, 0.25) is 0 Å². The Balaban J connectivity index is 1.69. The maximum absolute atomic E-state index is 11.9. The molecule has 7 heteroatoms. The molecule has 0 aliphatic carbocycles. The second kappa shape index (κ2) is 4.64. The molecule has 2 atom stereocenters. The largest absolute Gasteiger partial charge is 0.301 e. The smallest absolute Gasteiger partial charge is 0.257 e. The molecule has 1 fully saturated rings. The predicted octanol–water partition coefficient (Wildman–Crippen LogP) is 0.685. The van der Waals surface area contributed by atoms with Gasteiger partial charge >= 0.3 is 0 Å². The minimum atomic E-state index is -2.95. The Bertz CT molecular complexity index is 640. The van der Waals surface area contributed by atoms with Crippen molar-refractivity contribution in [1.29, 1.82) is 0 Å². The van der Waals surface area contributed by atoms with Crippen molar-refractivity contribution < 1.29 is 13.2 Å². The van der Waals surface area contributed by atoms with Crippen LogP contribution in [0.4, 0.5) is 0 Å². The Labute approximate surface area is 115 Å². The zero-order valence-electron chi connectivity index (χ0n) is 9.94. The maximum atomic E-state index is 11.9. The van der Waals surface area contributed by atoms with Crippen molar-refractivity contribution in [2.45, 2.75) is 11.3 Å². The Morgan fingerprint density at radius 3 is 2.68 bits per heavy atom. The van der Waals surface area contributed by atoms with Gasteiger partial charge in [-0.3, -0.25) is 9.79 Å². The number of amidine groups is 1. The summed E-state index contributed by atoms with van der Waals surface area (Å²) < 4.78 is 22.8. The summed E-state index contributed by atoms with van der Waals surface area (Å²) in [6.45, 7) is 0. The van der Waals surface area contributed by atoms with Crippen LogP contribution in [-0.2, 0) is 9.84 Å². The zero-order valence-corrected chi connectivity index (χ0v) is 11.6. The lowest BCUT2D eigenvalue weighted by Gasteiger charge is -2.05. The van der Waals surface area contributed by atoms with E-state index in [1.54, 1.807) is 24.3 Å². The van der Waals surface area contributed by atoms with Crippen LogP contribution in [0.25, 0.3) is 0 Å². The number of hydrogen-bond donors (Lipinski definition) is 1. The van der Waals surface area contributed by atoms with E-state index < -0.39 is 9.84 Å². The number of nitrogens with zero attached hydrogens (tertiary/aromatic N) is 1. The lowest BCUT2D eigenvalue weighted by atomic mass is 10.2. The maximum Gasteiger partial charge on any atom is 0.257 e. The number of carbonyl (C=O) groups is 1. The molecule has 2 aliphatic heterocycles. The average molecular weight is 296 g/mol. The van der Waals surface area contributed by atoms with Crippen LogP contribution in [0, 0.1) is 0 Å². The van der Waals surface area contributed by atoms with E-state index in [2.05, 4.69) is 10.3 Å². The Morgan fingerprint density at radius 2 is 2.00 bits per heavy atom. The highest BCUT2D eigenvalue weighted by Gasteiger charge is 2.42. The first-order valence-electron chi connectivity index (χ1n) is 5.85. The molecule has 5 nitrogen and oxygen atoms in total. The minimum absolute atomic E-state index is 0.0453. The van der Waals surface area contributed by atoms with Gasteiger partial charge in [-0.2, -0.15) is 0 Å². The van der Waals surface area contributed by atoms with Gasteiger partial charge in [-0.05, 0) is 12.1 Å². The van der Waals surface area contributed by atoms with E-state index in [4.69, 9.17) is 0 Å². The lowest BCUT2D eigenvalue weighted by molar-refractivity contribution is 0.0978. The number of sulfone groups is 1. The molecule has 3 rings (SSSR count). The Morgan fingerprint density at radius 1 is 1.26 bits per heavy atom. The monoisotopic (exact) mass is 296 g/mol. The Kier molecular flexibility index (Phi) is 3.10. The molecule has 0 bridgehead atoms. The summed E-state index contributed by atoms with van der Waals surface area (Å²) in [7, 11) is -2.95. The van der Waals surface area contributed by atoms with Gasteiger partial charge in [-0.1, -0.05) is 30.0 Å². The molecule has 0 radical (unpaired) electrons. The highest BCUT2D eigenvalue weighted by molar-refractivity contribution is 8.15. The van der Waals surface area contributed by atoms with E-state index in [9.17, 15) is 13.2 Å². The van der Waals surface area contributed by atoms with Crippen molar-refractivity contribution in [1.82, 2.24) is 5.32 Å². The van der Waals surface area contributed by atoms with Gasteiger partial charge in [0, 0.05) is 10.8 Å². The summed E-state index contributed by atoms with van der Waals surface area (Å²) in [5.41, 5.74) is 0.565. The van der Waals surface area contributed by atoms with Gasteiger partial charge in [0.05, 0.1) is 17.5 Å². The molecule has 1 N–H and O–H groups in total. The highest BCUT2D eigenvalue weighted by atomic mass is 32.2. The fraction of sp³-hybridized carbons (Fsp3) is 0.333. The molecule has 1 aromatic carbocycles. The van der Waals surface area contributed by atoms with Crippen molar-refractivity contribution in [2.75, 3.05) is 11.5 Å². The van der Waals surface area contributed by atoms with Crippen LogP contribution in [0.5, 0.6) is 0 Å². The van der Waals surface area contributed by atoms with Gasteiger partial charge in [-0.15, -0.1) is 0 Å². The molecule has 0 aromatic heterocycles. The topological polar surface area (TPSA) is 75.6 Å². The number of aliphatic imine (C=N–C) groups is 1. The normalized spacial score (nSPS) is 27.7. The molecule has 1 aromatic rings. The van der Waals surface area contributed by atoms with Gasteiger partial charge in [0.15, 0.2) is 15.0 Å². The number of nitrogens with one attached hydrogen (secondary N) is 1. The van der Waals surface area contributed by atoms with Crippen molar-refractivity contribution >= 4 is 32.7 Å². The van der Waals surface area contributed by atoms with Crippen molar-refractivity contribution in [3.63, 3.8) is 0 Å². The molecule has 100 valence electrons. The van der Waals surface area contributed by atoms with Gasteiger partial charge in [0.25, 0.3) is 5.91 Å². The number of carbonyl (C=O) groups excluding carboxylic acids is 1. The van der Waals surface area contributed by atoms with E-state index >= 15 is 0 Å². The third kappa shape index (κ3) is 2.66. The van der Waals surface area contributed by atoms with E-state index in [-0.39, 0.29) is 28.7 Å². The average Bonchev–Trinajstić information content (AvgIpc) is 2.82. The van der Waals surface area contributed by atoms with Crippen molar-refractivity contribution in [3.8, 4) is 0 Å². The number of amides is 1. The fourth-order valence-electron chi connectivity index (χ4n) is 2.17. The number of hydrogen-bond acceptors (Lipinski definition) is 5. The first-order chi connectivity index (χ1) is 9.03. The quantitative estimate of drug-likeness (QED) is 0.827. The molecular formula is C12H12N2O3S2. The first kappa shape index (κ1) is 12.7. The van der Waals surface area contributed by atoms with E-state index in [1.807, 2.05) is 6.07 Å². The van der Waals surface area contributed by atoms with Gasteiger partial charge in [0.1, 0.15) is 0 Å². The van der Waals surface area contributed by atoms with E-state index in [1.165, 1.54) is 11.8 Å². The van der Waals surface area contributed by atoms with Crippen LogP contribution in [0.2, 0.25) is 0 Å². The second-order valence-electron chi connectivity index (χ2n) is 4.55. The minimum Gasteiger partial charge on any atom is -0.301 e. The summed E-state index contributed by atoms with van der Waals surface area (Å²) in [5, 5.41) is 3.21. The molecule has 2 aliphatic rings. The van der Waals surface area contributed by atoms with Crippen LogP contribution in [-0.4, -0.2) is 42.3 Å². The lowest BCUT2D eigenvalue weighted by Crippen LogP contribution is -2.28. The Hall–Kier alpha value is -1.34. The summed E-state index contributed by atoms with van der Waals surface area (Å²) in [5.74, 6) is 0.0287. The van der Waals surface area contributed by atoms with Crippen LogP contribution < -0.4 is 5.32 Å². The summed E-state index contributed by atoms with van der Waals surface area (Å²) in [4.78, 5) is 16.2. The van der Waals surface area contributed by atoms with Crippen LogP contribution in [0.1, 0.15) is 10.4 Å². The molecule has 0 spiro atoms. The highest BCUT2D eigenvalue weighted by Crippen LogP contribution is 2.33.